The Hall–Kier alpha value is -2.20. The summed E-state index contributed by atoms with van der Waals surface area (Å²) in [6, 6.07) is 3.45. The summed E-state index contributed by atoms with van der Waals surface area (Å²) < 4.78 is 40.3. The number of hydrogen-bond acceptors (Lipinski definition) is 6. The van der Waals surface area contributed by atoms with E-state index >= 15 is 0 Å². The Balaban J connectivity index is 1.94. The predicted molar refractivity (Wildman–Crippen MR) is 75.0 cm³/mol. The van der Waals surface area contributed by atoms with Gasteiger partial charge in [0.1, 0.15) is 11.6 Å². The summed E-state index contributed by atoms with van der Waals surface area (Å²) in [5.41, 5.74) is 0. The molecule has 8 nitrogen and oxygen atoms in total. The van der Waals surface area contributed by atoms with Crippen LogP contribution in [0.4, 0.5) is 10.3 Å². The van der Waals surface area contributed by atoms with Crippen molar-refractivity contribution >= 4 is 33.3 Å². The number of hydrogen-bond donors (Lipinski definition) is 2. The third kappa shape index (κ3) is 4.15. The number of anilines is 1. The highest BCUT2D eigenvalue weighted by molar-refractivity contribution is 7.90. The van der Waals surface area contributed by atoms with Crippen molar-refractivity contribution in [1.29, 1.82) is 0 Å². The number of ether oxygens (including phenoxy) is 1. The van der Waals surface area contributed by atoms with Gasteiger partial charge in [0, 0.05) is 6.26 Å². The summed E-state index contributed by atoms with van der Waals surface area (Å²) in [5.74, 6) is -1.25. The Labute approximate surface area is 129 Å². The highest BCUT2D eigenvalue weighted by Gasteiger charge is 2.15. The SMILES string of the molecule is CS(=O)(=O)c1nc(NC(=O)COc2ccc(F)cc2Cl)n[nH]1. The van der Waals surface area contributed by atoms with Crippen molar-refractivity contribution in [2.45, 2.75) is 5.16 Å². The second-order valence-electron chi connectivity index (χ2n) is 4.15. The Morgan fingerprint density at radius 3 is 2.82 bits per heavy atom. The largest absolute Gasteiger partial charge is 0.482 e. The average Bonchev–Trinajstić information content (AvgIpc) is 2.86. The molecule has 0 aliphatic rings. The molecule has 22 heavy (non-hydrogen) atoms. The number of nitrogens with zero attached hydrogens (tertiary/aromatic N) is 2. The summed E-state index contributed by atoms with van der Waals surface area (Å²) in [6.45, 7) is -0.436. The van der Waals surface area contributed by atoms with Crippen LogP contribution in [0.1, 0.15) is 0 Å². The second kappa shape index (κ2) is 6.28. The number of aromatic nitrogens is 3. The van der Waals surface area contributed by atoms with Gasteiger partial charge in [-0.1, -0.05) is 11.6 Å². The molecule has 2 rings (SSSR count). The van der Waals surface area contributed by atoms with Gasteiger partial charge in [-0.2, -0.15) is 4.98 Å². The molecule has 118 valence electrons. The zero-order valence-corrected chi connectivity index (χ0v) is 12.7. The van der Waals surface area contributed by atoms with E-state index < -0.39 is 28.2 Å². The fourth-order valence-electron chi connectivity index (χ4n) is 1.37. The van der Waals surface area contributed by atoms with Crippen LogP contribution >= 0.6 is 11.6 Å². The van der Waals surface area contributed by atoms with Crippen LogP contribution in [0, 0.1) is 5.82 Å². The van der Waals surface area contributed by atoms with Crippen LogP contribution < -0.4 is 10.1 Å². The lowest BCUT2D eigenvalue weighted by molar-refractivity contribution is -0.118. The predicted octanol–water partition coefficient (Wildman–Crippen LogP) is 1.02. The van der Waals surface area contributed by atoms with Crippen LogP contribution in [0.15, 0.2) is 23.4 Å². The van der Waals surface area contributed by atoms with Crippen molar-refractivity contribution in [3.63, 3.8) is 0 Å². The van der Waals surface area contributed by atoms with E-state index in [1.807, 2.05) is 0 Å². The van der Waals surface area contributed by atoms with E-state index in [0.717, 1.165) is 18.4 Å². The van der Waals surface area contributed by atoms with Crippen LogP contribution in [0.5, 0.6) is 5.75 Å². The first-order chi connectivity index (χ1) is 10.3. The third-order valence-electron chi connectivity index (χ3n) is 2.32. The highest BCUT2D eigenvalue weighted by atomic mass is 35.5. The number of nitrogens with one attached hydrogen (secondary N) is 2. The number of aromatic amines is 1. The summed E-state index contributed by atoms with van der Waals surface area (Å²) in [7, 11) is -3.55. The van der Waals surface area contributed by atoms with E-state index in [0.29, 0.717) is 0 Å². The fraction of sp³-hybridized carbons (Fsp3) is 0.182. The molecule has 0 bridgehead atoms. The van der Waals surface area contributed by atoms with Gasteiger partial charge in [-0.3, -0.25) is 10.1 Å². The molecule has 2 N–H and O–H groups in total. The highest BCUT2D eigenvalue weighted by Crippen LogP contribution is 2.24. The Morgan fingerprint density at radius 2 is 2.23 bits per heavy atom. The van der Waals surface area contributed by atoms with Crippen LogP contribution in [0.25, 0.3) is 0 Å². The number of rotatable bonds is 5. The Morgan fingerprint density at radius 1 is 1.50 bits per heavy atom. The lowest BCUT2D eigenvalue weighted by Crippen LogP contribution is -2.21. The molecule has 0 saturated heterocycles. The Bertz CT molecular complexity index is 808. The maximum absolute atomic E-state index is 12.8. The molecule has 2 aromatic rings. The maximum atomic E-state index is 12.8. The molecular weight excluding hydrogens is 339 g/mol. The van der Waals surface area contributed by atoms with E-state index in [-0.39, 0.29) is 21.9 Å². The number of carbonyl (C=O) groups is 1. The number of halogens is 2. The van der Waals surface area contributed by atoms with Crippen molar-refractivity contribution in [1.82, 2.24) is 15.2 Å². The van der Waals surface area contributed by atoms with Crippen molar-refractivity contribution in [3.8, 4) is 5.75 Å². The normalized spacial score (nSPS) is 11.2. The zero-order chi connectivity index (χ0) is 16.3. The topological polar surface area (TPSA) is 114 Å². The minimum atomic E-state index is -3.55. The van der Waals surface area contributed by atoms with Crippen LogP contribution in [-0.2, 0) is 14.6 Å². The number of sulfone groups is 1. The zero-order valence-electron chi connectivity index (χ0n) is 11.1. The van der Waals surface area contributed by atoms with Gasteiger partial charge in [-0.05, 0) is 18.2 Å². The van der Waals surface area contributed by atoms with Gasteiger partial charge >= 0.3 is 0 Å². The number of benzene rings is 1. The molecule has 1 aromatic heterocycles. The molecule has 0 saturated carbocycles. The first kappa shape index (κ1) is 16.2. The van der Waals surface area contributed by atoms with Gasteiger partial charge in [0.05, 0.1) is 5.02 Å². The average molecular weight is 349 g/mol. The molecule has 0 radical (unpaired) electrons. The summed E-state index contributed by atoms with van der Waals surface area (Å²) in [4.78, 5) is 15.2. The van der Waals surface area contributed by atoms with Crippen LogP contribution in [0.3, 0.4) is 0 Å². The van der Waals surface area contributed by atoms with Crippen LogP contribution in [-0.4, -0.2) is 42.4 Å². The van der Waals surface area contributed by atoms with Gasteiger partial charge in [-0.25, -0.2) is 17.9 Å². The van der Waals surface area contributed by atoms with E-state index in [1.54, 1.807) is 0 Å². The molecule has 0 unspecified atom stereocenters. The van der Waals surface area contributed by atoms with Crippen molar-refractivity contribution in [2.24, 2.45) is 0 Å². The van der Waals surface area contributed by atoms with Gasteiger partial charge in [0.15, 0.2) is 6.61 Å². The molecule has 11 heteroatoms. The molecule has 1 heterocycles. The number of carbonyl (C=O) groups excluding carboxylic acids is 1. The lowest BCUT2D eigenvalue weighted by Gasteiger charge is -2.07. The third-order valence-corrected chi connectivity index (χ3v) is 3.50. The summed E-state index contributed by atoms with van der Waals surface area (Å²) in [6.07, 6.45) is 0.943. The molecule has 1 aromatic carbocycles. The minimum Gasteiger partial charge on any atom is -0.482 e. The lowest BCUT2D eigenvalue weighted by atomic mass is 10.3. The second-order valence-corrected chi connectivity index (χ2v) is 6.49. The van der Waals surface area contributed by atoms with E-state index in [9.17, 15) is 17.6 Å². The van der Waals surface area contributed by atoms with Gasteiger partial charge in [0.25, 0.3) is 5.91 Å². The van der Waals surface area contributed by atoms with Crippen molar-refractivity contribution in [3.05, 3.63) is 29.0 Å². The first-order valence-electron chi connectivity index (χ1n) is 5.76. The van der Waals surface area contributed by atoms with E-state index in [4.69, 9.17) is 16.3 Å². The smallest absolute Gasteiger partial charge is 0.264 e. The first-order valence-corrected chi connectivity index (χ1v) is 8.03. The maximum Gasteiger partial charge on any atom is 0.264 e. The van der Waals surface area contributed by atoms with Gasteiger partial charge in [0.2, 0.25) is 20.9 Å². The minimum absolute atomic E-state index is 0.0186. The Kier molecular flexibility index (Phi) is 4.62. The van der Waals surface area contributed by atoms with Crippen LogP contribution in [0.2, 0.25) is 5.02 Å². The molecule has 0 spiro atoms. The molecule has 0 atom stereocenters. The van der Waals surface area contributed by atoms with Crippen molar-refractivity contribution < 1.29 is 22.3 Å². The monoisotopic (exact) mass is 348 g/mol. The quantitative estimate of drug-likeness (QED) is 0.833. The molecule has 1 amide bonds. The van der Waals surface area contributed by atoms with Crippen molar-refractivity contribution in [2.75, 3.05) is 18.2 Å². The number of amides is 1. The standard InChI is InChI=1S/C11H10ClFN4O4S/c1-22(19,20)11-15-10(16-17-11)14-9(18)5-21-8-3-2-6(13)4-7(8)12/h2-4H,5H2,1H3,(H2,14,15,16,17,18). The molecular formula is C11H10ClFN4O4S. The van der Waals surface area contributed by atoms with Gasteiger partial charge in [-0.15, -0.1) is 5.10 Å². The number of H-pyrrole nitrogens is 1. The van der Waals surface area contributed by atoms with Gasteiger partial charge < -0.3 is 4.74 Å². The molecule has 0 aliphatic heterocycles. The van der Waals surface area contributed by atoms with E-state index in [1.165, 1.54) is 6.07 Å². The summed E-state index contributed by atoms with van der Waals surface area (Å²) in [5, 5.41) is 7.59. The molecule has 0 aliphatic carbocycles. The molecule has 0 fully saturated rings. The van der Waals surface area contributed by atoms with E-state index in [2.05, 4.69) is 20.5 Å². The fourth-order valence-corrected chi connectivity index (χ4v) is 2.05. The summed E-state index contributed by atoms with van der Waals surface area (Å²) >= 11 is 5.73.